The molecule has 0 bridgehead atoms. The quantitative estimate of drug-likeness (QED) is 0.758. The highest BCUT2D eigenvalue weighted by molar-refractivity contribution is 6.33. The smallest absolute Gasteiger partial charge is 0.267 e. The second-order valence-electron chi connectivity index (χ2n) is 3.14. The fourth-order valence-corrected chi connectivity index (χ4v) is 1.27. The van der Waals surface area contributed by atoms with Gasteiger partial charge in [0.15, 0.2) is 0 Å². The van der Waals surface area contributed by atoms with Crippen molar-refractivity contribution in [3.05, 3.63) is 22.8 Å². The maximum absolute atomic E-state index is 11.5. The number of pyridine rings is 1. The number of anilines is 1. The summed E-state index contributed by atoms with van der Waals surface area (Å²) in [5.41, 5.74) is 3.02. The minimum absolute atomic E-state index is 0.239. The van der Waals surface area contributed by atoms with Gasteiger partial charge in [0.2, 0.25) is 0 Å². The molecule has 0 radical (unpaired) electrons. The van der Waals surface area contributed by atoms with Crippen molar-refractivity contribution in [2.24, 2.45) is 0 Å². The van der Waals surface area contributed by atoms with E-state index in [1.165, 1.54) is 6.20 Å². The number of carbonyl (C=O) groups excluding carboxylic acids is 1. The summed E-state index contributed by atoms with van der Waals surface area (Å²) in [6, 6.07) is 1.57. The number of hydrogen-bond acceptors (Lipinski definition) is 4. The summed E-state index contributed by atoms with van der Waals surface area (Å²) in [6.45, 7) is 0. The Kier molecular flexibility index (Phi) is 3.88. The van der Waals surface area contributed by atoms with Crippen molar-refractivity contribution in [3.8, 4) is 0 Å². The molecule has 0 saturated heterocycles. The molecule has 5 nitrogen and oxygen atoms in total. The number of nitrogens with one attached hydrogen (secondary N) is 2. The van der Waals surface area contributed by atoms with E-state index >= 15 is 0 Å². The van der Waals surface area contributed by atoms with Crippen molar-refractivity contribution in [1.82, 2.24) is 15.4 Å². The Hall–Kier alpha value is -1.33. The Morgan fingerprint density at radius 1 is 1.53 bits per heavy atom. The van der Waals surface area contributed by atoms with Gasteiger partial charge in [0.25, 0.3) is 5.91 Å². The normalized spacial score (nSPS) is 10.2. The highest BCUT2D eigenvalue weighted by Gasteiger charge is 2.09. The van der Waals surface area contributed by atoms with Gasteiger partial charge in [-0.05, 0) is 6.07 Å². The standard InChI is InChI=1S/C9H13ClN4O/c1-11-8-7(10)4-6(5-12-8)9(15)13-14(2)3/h4-5H,1-3H3,(H,11,12)(H,13,15). The molecule has 0 aliphatic carbocycles. The molecule has 0 aromatic carbocycles. The molecule has 1 amide bonds. The van der Waals surface area contributed by atoms with Crippen LogP contribution in [0, 0.1) is 0 Å². The Bertz CT molecular complexity index is 367. The van der Waals surface area contributed by atoms with Crippen LogP contribution < -0.4 is 10.7 Å². The summed E-state index contributed by atoms with van der Waals surface area (Å²) in [5, 5.41) is 4.80. The van der Waals surface area contributed by atoms with Gasteiger partial charge in [-0.25, -0.2) is 9.99 Å². The molecule has 0 aliphatic heterocycles. The van der Waals surface area contributed by atoms with Crippen LogP contribution in [0.4, 0.5) is 5.82 Å². The summed E-state index contributed by atoms with van der Waals surface area (Å²) >= 11 is 5.89. The third-order valence-electron chi connectivity index (χ3n) is 1.67. The van der Waals surface area contributed by atoms with Crippen molar-refractivity contribution >= 4 is 23.3 Å². The largest absolute Gasteiger partial charge is 0.372 e. The summed E-state index contributed by atoms with van der Waals surface area (Å²) in [5.74, 6) is 0.315. The number of hydrogen-bond donors (Lipinski definition) is 2. The molecular weight excluding hydrogens is 216 g/mol. The Morgan fingerprint density at radius 3 is 2.67 bits per heavy atom. The minimum atomic E-state index is -0.239. The van der Waals surface area contributed by atoms with E-state index in [1.54, 1.807) is 32.2 Å². The average molecular weight is 229 g/mol. The van der Waals surface area contributed by atoms with E-state index in [9.17, 15) is 4.79 Å². The van der Waals surface area contributed by atoms with Crippen LogP contribution in [0.5, 0.6) is 0 Å². The number of hydrazine groups is 1. The average Bonchev–Trinajstić information content (AvgIpc) is 2.16. The minimum Gasteiger partial charge on any atom is -0.372 e. The fraction of sp³-hybridized carbons (Fsp3) is 0.333. The SMILES string of the molecule is CNc1ncc(C(=O)NN(C)C)cc1Cl. The lowest BCUT2D eigenvalue weighted by molar-refractivity contribution is 0.0856. The van der Waals surface area contributed by atoms with Crippen LogP contribution in [-0.2, 0) is 0 Å². The summed E-state index contributed by atoms with van der Waals surface area (Å²) in [7, 11) is 5.18. The van der Waals surface area contributed by atoms with E-state index in [2.05, 4.69) is 15.7 Å². The maximum atomic E-state index is 11.5. The van der Waals surface area contributed by atoms with Crippen molar-refractivity contribution in [3.63, 3.8) is 0 Å². The number of rotatable bonds is 3. The lowest BCUT2D eigenvalue weighted by Gasteiger charge is -2.12. The van der Waals surface area contributed by atoms with E-state index in [-0.39, 0.29) is 5.91 Å². The lowest BCUT2D eigenvalue weighted by atomic mass is 10.2. The molecule has 0 unspecified atom stereocenters. The molecule has 0 atom stereocenters. The Morgan fingerprint density at radius 2 is 2.20 bits per heavy atom. The van der Waals surface area contributed by atoms with Gasteiger partial charge in [0, 0.05) is 27.3 Å². The van der Waals surface area contributed by atoms with Crippen molar-refractivity contribution in [2.75, 3.05) is 26.5 Å². The van der Waals surface area contributed by atoms with Crippen LogP contribution in [0.25, 0.3) is 0 Å². The summed E-state index contributed by atoms with van der Waals surface area (Å²) in [4.78, 5) is 15.5. The van der Waals surface area contributed by atoms with Gasteiger partial charge in [-0.1, -0.05) is 11.6 Å². The van der Waals surface area contributed by atoms with E-state index in [0.717, 1.165) is 0 Å². The van der Waals surface area contributed by atoms with Gasteiger partial charge < -0.3 is 5.32 Å². The molecule has 0 spiro atoms. The zero-order chi connectivity index (χ0) is 11.4. The monoisotopic (exact) mass is 228 g/mol. The van der Waals surface area contributed by atoms with Crippen LogP contribution in [0.2, 0.25) is 5.02 Å². The predicted octanol–water partition coefficient (Wildman–Crippen LogP) is 0.983. The summed E-state index contributed by atoms with van der Waals surface area (Å²) in [6.07, 6.45) is 1.47. The number of halogens is 1. The number of aromatic nitrogens is 1. The maximum Gasteiger partial charge on any atom is 0.267 e. The Balaban J connectivity index is 2.87. The van der Waals surface area contributed by atoms with Gasteiger partial charge in [0.1, 0.15) is 5.82 Å². The van der Waals surface area contributed by atoms with E-state index < -0.39 is 0 Å². The molecule has 2 N–H and O–H groups in total. The second kappa shape index (κ2) is 4.95. The molecule has 0 aliphatic rings. The van der Waals surface area contributed by atoms with E-state index in [0.29, 0.717) is 16.4 Å². The molecule has 15 heavy (non-hydrogen) atoms. The first-order chi connectivity index (χ1) is 7.04. The molecule has 82 valence electrons. The van der Waals surface area contributed by atoms with Gasteiger partial charge in [-0.2, -0.15) is 0 Å². The van der Waals surface area contributed by atoms with E-state index in [1.807, 2.05) is 0 Å². The van der Waals surface area contributed by atoms with Crippen LogP contribution in [0.3, 0.4) is 0 Å². The lowest BCUT2D eigenvalue weighted by Crippen LogP contribution is -2.36. The van der Waals surface area contributed by atoms with Crippen LogP contribution >= 0.6 is 11.6 Å². The van der Waals surface area contributed by atoms with Crippen LogP contribution in [-0.4, -0.2) is 37.0 Å². The number of nitrogens with zero attached hydrogens (tertiary/aromatic N) is 2. The third kappa shape index (κ3) is 3.07. The van der Waals surface area contributed by atoms with Gasteiger partial charge in [-0.15, -0.1) is 0 Å². The first-order valence-corrected chi connectivity index (χ1v) is 4.74. The molecule has 0 saturated carbocycles. The van der Waals surface area contributed by atoms with Crippen molar-refractivity contribution in [2.45, 2.75) is 0 Å². The molecule has 0 fully saturated rings. The topological polar surface area (TPSA) is 57.3 Å². The molecular formula is C9H13ClN4O. The first-order valence-electron chi connectivity index (χ1n) is 4.36. The Labute approximate surface area is 93.4 Å². The van der Waals surface area contributed by atoms with E-state index in [4.69, 9.17) is 11.6 Å². The fourth-order valence-electron chi connectivity index (χ4n) is 1.01. The van der Waals surface area contributed by atoms with Crippen LogP contribution in [0.15, 0.2) is 12.3 Å². The molecule has 6 heteroatoms. The van der Waals surface area contributed by atoms with Crippen LogP contribution in [0.1, 0.15) is 10.4 Å². The highest BCUT2D eigenvalue weighted by atomic mass is 35.5. The first kappa shape index (κ1) is 11.7. The molecule has 1 aromatic rings. The number of amides is 1. The van der Waals surface area contributed by atoms with Gasteiger partial charge in [0.05, 0.1) is 10.6 Å². The third-order valence-corrected chi connectivity index (χ3v) is 1.95. The number of carbonyl (C=O) groups is 1. The summed E-state index contributed by atoms with van der Waals surface area (Å²) < 4.78 is 0. The van der Waals surface area contributed by atoms with Gasteiger partial charge >= 0.3 is 0 Å². The molecule has 1 rings (SSSR count). The second-order valence-corrected chi connectivity index (χ2v) is 3.55. The highest BCUT2D eigenvalue weighted by Crippen LogP contribution is 2.19. The molecule has 1 heterocycles. The van der Waals surface area contributed by atoms with Crippen molar-refractivity contribution in [1.29, 1.82) is 0 Å². The zero-order valence-corrected chi connectivity index (χ0v) is 9.59. The van der Waals surface area contributed by atoms with Crippen molar-refractivity contribution < 1.29 is 4.79 Å². The predicted molar refractivity (Wildman–Crippen MR) is 59.9 cm³/mol. The zero-order valence-electron chi connectivity index (χ0n) is 8.84. The van der Waals surface area contributed by atoms with Gasteiger partial charge in [-0.3, -0.25) is 10.2 Å². The molecule has 1 aromatic heterocycles.